The lowest BCUT2D eigenvalue weighted by Gasteiger charge is -2.45. The average molecular weight is 281 g/mol. The lowest BCUT2D eigenvalue weighted by Crippen LogP contribution is -2.55. The van der Waals surface area contributed by atoms with Gasteiger partial charge in [0.15, 0.2) is 0 Å². The molecule has 0 aromatic heterocycles. The van der Waals surface area contributed by atoms with Gasteiger partial charge in [0.1, 0.15) is 0 Å². The van der Waals surface area contributed by atoms with Gasteiger partial charge in [-0.2, -0.15) is 0 Å². The summed E-state index contributed by atoms with van der Waals surface area (Å²) in [6, 6.07) is 0.847. The summed E-state index contributed by atoms with van der Waals surface area (Å²) >= 11 is 0. The predicted molar refractivity (Wildman–Crippen MR) is 82.1 cm³/mol. The van der Waals surface area contributed by atoms with Gasteiger partial charge in [0.05, 0.1) is 0 Å². The number of nitrogens with one attached hydrogen (secondary N) is 1. The molecule has 3 rings (SSSR count). The molecule has 0 saturated carbocycles. The zero-order valence-electron chi connectivity index (χ0n) is 13.1. The fourth-order valence-electron chi connectivity index (χ4n) is 4.26. The SMILES string of the molecule is CCNCC1(CN2CCN3CCCC3C2)CCOCC1. The van der Waals surface area contributed by atoms with Crippen molar-refractivity contribution < 1.29 is 4.74 Å². The molecule has 3 fully saturated rings. The van der Waals surface area contributed by atoms with E-state index in [-0.39, 0.29) is 0 Å². The highest BCUT2D eigenvalue weighted by molar-refractivity contribution is 4.92. The van der Waals surface area contributed by atoms with Crippen LogP contribution in [0.4, 0.5) is 0 Å². The Hall–Kier alpha value is -0.160. The first kappa shape index (κ1) is 14.8. The molecule has 3 saturated heterocycles. The molecule has 3 aliphatic rings. The fraction of sp³-hybridized carbons (Fsp3) is 1.00. The predicted octanol–water partition coefficient (Wildman–Crippen LogP) is 1.17. The van der Waals surface area contributed by atoms with Crippen molar-refractivity contribution >= 4 is 0 Å². The van der Waals surface area contributed by atoms with Crippen LogP contribution in [-0.4, -0.2) is 74.9 Å². The second kappa shape index (κ2) is 6.73. The Kier molecular flexibility index (Phi) is 4.97. The van der Waals surface area contributed by atoms with Gasteiger partial charge in [0.2, 0.25) is 0 Å². The molecule has 3 aliphatic heterocycles. The van der Waals surface area contributed by atoms with Crippen LogP contribution >= 0.6 is 0 Å². The number of piperazine rings is 1. The Bertz CT molecular complexity index is 304. The lowest BCUT2D eigenvalue weighted by molar-refractivity contribution is -0.0163. The van der Waals surface area contributed by atoms with Crippen LogP contribution in [-0.2, 0) is 4.74 Å². The second-order valence-corrected chi connectivity index (χ2v) is 6.96. The van der Waals surface area contributed by atoms with E-state index in [1.54, 1.807) is 0 Å². The zero-order valence-corrected chi connectivity index (χ0v) is 13.1. The van der Waals surface area contributed by atoms with Crippen LogP contribution in [0.5, 0.6) is 0 Å². The first-order valence-corrected chi connectivity index (χ1v) is 8.56. The molecular weight excluding hydrogens is 250 g/mol. The molecule has 0 radical (unpaired) electrons. The highest BCUT2D eigenvalue weighted by Gasteiger charge is 2.37. The Morgan fingerprint density at radius 2 is 2.05 bits per heavy atom. The van der Waals surface area contributed by atoms with Gasteiger partial charge in [-0.3, -0.25) is 9.80 Å². The minimum absolute atomic E-state index is 0.453. The smallest absolute Gasteiger partial charge is 0.0472 e. The molecule has 0 aromatic carbocycles. The molecular formula is C16H31N3O. The van der Waals surface area contributed by atoms with Crippen LogP contribution in [0.25, 0.3) is 0 Å². The summed E-state index contributed by atoms with van der Waals surface area (Å²) in [5.74, 6) is 0. The monoisotopic (exact) mass is 281 g/mol. The van der Waals surface area contributed by atoms with E-state index in [9.17, 15) is 0 Å². The van der Waals surface area contributed by atoms with Crippen molar-refractivity contribution in [2.75, 3.05) is 59.0 Å². The largest absolute Gasteiger partial charge is 0.381 e. The van der Waals surface area contributed by atoms with Gasteiger partial charge in [-0.15, -0.1) is 0 Å². The first-order chi connectivity index (χ1) is 9.81. The third-order valence-corrected chi connectivity index (χ3v) is 5.53. The van der Waals surface area contributed by atoms with Crippen LogP contribution in [0.1, 0.15) is 32.6 Å². The van der Waals surface area contributed by atoms with Crippen molar-refractivity contribution in [2.24, 2.45) is 5.41 Å². The summed E-state index contributed by atoms with van der Waals surface area (Å²) in [6.45, 7) is 12.8. The van der Waals surface area contributed by atoms with Crippen molar-refractivity contribution in [1.82, 2.24) is 15.1 Å². The highest BCUT2D eigenvalue weighted by atomic mass is 16.5. The van der Waals surface area contributed by atoms with E-state index in [4.69, 9.17) is 4.74 Å². The van der Waals surface area contributed by atoms with Crippen LogP contribution in [0.2, 0.25) is 0 Å². The second-order valence-electron chi connectivity index (χ2n) is 6.96. The summed E-state index contributed by atoms with van der Waals surface area (Å²) in [7, 11) is 0. The van der Waals surface area contributed by atoms with Gasteiger partial charge >= 0.3 is 0 Å². The molecule has 0 bridgehead atoms. The summed E-state index contributed by atoms with van der Waals surface area (Å²) in [5, 5.41) is 3.60. The summed E-state index contributed by atoms with van der Waals surface area (Å²) in [4.78, 5) is 5.45. The molecule has 0 amide bonds. The Labute approximate surface area is 123 Å². The van der Waals surface area contributed by atoms with E-state index in [0.717, 1.165) is 32.3 Å². The molecule has 1 unspecified atom stereocenters. The van der Waals surface area contributed by atoms with Gasteiger partial charge in [-0.25, -0.2) is 0 Å². The molecule has 3 heterocycles. The fourth-order valence-corrected chi connectivity index (χ4v) is 4.26. The van der Waals surface area contributed by atoms with E-state index in [1.807, 2.05) is 0 Å². The minimum atomic E-state index is 0.453. The van der Waals surface area contributed by atoms with E-state index in [2.05, 4.69) is 22.0 Å². The number of fused-ring (bicyclic) bond motifs is 1. The number of rotatable bonds is 5. The molecule has 1 atom stereocenters. The van der Waals surface area contributed by atoms with Crippen molar-refractivity contribution in [3.63, 3.8) is 0 Å². The van der Waals surface area contributed by atoms with Crippen LogP contribution in [0.15, 0.2) is 0 Å². The molecule has 20 heavy (non-hydrogen) atoms. The first-order valence-electron chi connectivity index (χ1n) is 8.56. The molecule has 1 N–H and O–H groups in total. The number of hydrogen-bond donors (Lipinski definition) is 1. The van der Waals surface area contributed by atoms with Gasteiger partial charge in [0, 0.05) is 52.0 Å². The zero-order chi connectivity index (χ0) is 13.8. The Balaban J connectivity index is 1.57. The quantitative estimate of drug-likeness (QED) is 0.819. The highest BCUT2D eigenvalue weighted by Crippen LogP contribution is 2.32. The van der Waals surface area contributed by atoms with E-state index in [0.29, 0.717) is 5.41 Å². The van der Waals surface area contributed by atoms with E-state index < -0.39 is 0 Å². The minimum Gasteiger partial charge on any atom is -0.381 e. The molecule has 116 valence electrons. The van der Waals surface area contributed by atoms with Gasteiger partial charge in [-0.05, 0) is 44.2 Å². The van der Waals surface area contributed by atoms with Crippen LogP contribution in [0, 0.1) is 5.41 Å². The molecule has 0 aliphatic carbocycles. The van der Waals surface area contributed by atoms with Crippen molar-refractivity contribution in [3.05, 3.63) is 0 Å². The molecule has 0 aromatic rings. The number of hydrogen-bond acceptors (Lipinski definition) is 4. The maximum atomic E-state index is 5.61. The maximum absolute atomic E-state index is 5.61. The molecule has 4 nitrogen and oxygen atoms in total. The third-order valence-electron chi connectivity index (χ3n) is 5.53. The molecule has 4 heteroatoms. The maximum Gasteiger partial charge on any atom is 0.0472 e. The van der Waals surface area contributed by atoms with Crippen molar-refractivity contribution in [1.29, 1.82) is 0 Å². The standard InChI is InChI=1S/C16H31N3O/c1-2-17-13-16(5-10-20-11-6-16)14-18-8-9-19-7-3-4-15(19)12-18/h15,17H,2-14H2,1H3. The summed E-state index contributed by atoms with van der Waals surface area (Å²) < 4.78 is 5.61. The van der Waals surface area contributed by atoms with Gasteiger partial charge in [-0.1, -0.05) is 6.92 Å². The lowest BCUT2D eigenvalue weighted by atomic mass is 9.79. The average Bonchev–Trinajstić information content (AvgIpc) is 2.94. The Morgan fingerprint density at radius 3 is 2.85 bits per heavy atom. The van der Waals surface area contributed by atoms with Gasteiger partial charge < -0.3 is 10.1 Å². The normalized spacial score (nSPS) is 31.4. The third kappa shape index (κ3) is 3.35. The number of ether oxygens (including phenoxy) is 1. The van der Waals surface area contributed by atoms with Crippen LogP contribution < -0.4 is 5.32 Å². The summed E-state index contributed by atoms with van der Waals surface area (Å²) in [5.41, 5.74) is 0.453. The van der Waals surface area contributed by atoms with Crippen molar-refractivity contribution in [3.8, 4) is 0 Å². The van der Waals surface area contributed by atoms with Gasteiger partial charge in [0.25, 0.3) is 0 Å². The topological polar surface area (TPSA) is 27.7 Å². The molecule has 0 spiro atoms. The van der Waals surface area contributed by atoms with E-state index in [1.165, 1.54) is 58.4 Å². The van der Waals surface area contributed by atoms with Crippen LogP contribution in [0.3, 0.4) is 0 Å². The van der Waals surface area contributed by atoms with E-state index >= 15 is 0 Å². The Morgan fingerprint density at radius 1 is 1.20 bits per heavy atom. The number of nitrogens with zero attached hydrogens (tertiary/aromatic N) is 2. The van der Waals surface area contributed by atoms with Crippen molar-refractivity contribution in [2.45, 2.75) is 38.6 Å². The summed E-state index contributed by atoms with van der Waals surface area (Å²) in [6.07, 6.45) is 5.28.